The summed E-state index contributed by atoms with van der Waals surface area (Å²) in [5.41, 5.74) is 0. The van der Waals surface area contributed by atoms with E-state index in [2.05, 4.69) is 12.2 Å². The minimum absolute atomic E-state index is 0.271. The second-order valence-electron chi connectivity index (χ2n) is 5.68. The molecule has 0 aromatic rings. The van der Waals surface area contributed by atoms with Gasteiger partial charge in [-0.2, -0.15) is 0 Å². The number of amides is 1. The van der Waals surface area contributed by atoms with Gasteiger partial charge in [0.1, 0.15) is 0 Å². The van der Waals surface area contributed by atoms with Gasteiger partial charge in [-0.25, -0.2) is 0 Å². The summed E-state index contributed by atoms with van der Waals surface area (Å²) in [5.74, 6) is 1.05. The predicted octanol–water partition coefficient (Wildman–Crippen LogP) is 2.17. The lowest BCUT2D eigenvalue weighted by atomic mass is 9.83. The smallest absolute Gasteiger partial charge is 0.236 e. The van der Waals surface area contributed by atoms with Crippen molar-refractivity contribution >= 4 is 5.91 Å². The first-order chi connectivity index (χ1) is 8.22. The Kier molecular flexibility index (Phi) is 4.43. The Labute approximate surface area is 105 Å². The summed E-state index contributed by atoms with van der Waals surface area (Å²) in [6.45, 7) is 2.80. The summed E-state index contributed by atoms with van der Waals surface area (Å²) in [5, 5.41) is 3.49. The van der Waals surface area contributed by atoms with Gasteiger partial charge in [-0.1, -0.05) is 26.2 Å². The molecule has 2 atom stereocenters. The monoisotopic (exact) mass is 238 g/mol. The van der Waals surface area contributed by atoms with Crippen LogP contribution in [-0.2, 0) is 4.79 Å². The number of hydrogen-bond acceptors (Lipinski definition) is 2. The predicted molar refractivity (Wildman–Crippen MR) is 69.8 cm³/mol. The Balaban J connectivity index is 1.73. The molecule has 0 spiro atoms. The van der Waals surface area contributed by atoms with Crippen molar-refractivity contribution in [1.29, 1.82) is 0 Å². The fraction of sp³-hybridized carbons (Fsp3) is 0.929. The Hall–Kier alpha value is -0.570. The zero-order valence-electron chi connectivity index (χ0n) is 11.2. The maximum atomic E-state index is 11.9. The molecule has 0 radical (unpaired) electrons. The molecular formula is C14H26N2O. The molecule has 1 amide bonds. The molecule has 98 valence electrons. The van der Waals surface area contributed by atoms with Crippen LogP contribution in [0, 0.1) is 5.92 Å². The van der Waals surface area contributed by atoms with Crippen LogP contribution in [0.25, 0.3) is 0 Å². The molecule has 0 saturated heterocycles. The van der Waals surface area contributed by atoms with Crippen molar-refractivity contribution in [2.75, 3.05) is 13.6 Å². The van der Waals surface area contributed by atoms with Gasteiger partial charge in [-0.05, 0) is 31.6 Å². The van der Waals surface area contributed by atoms with Crippen molar-refractivity contribution < 1.29 is 4.79 Å². The number of likely N-dealkylation sites (N-methyl/N-ethyl adjacent to an activating group) is 1. The number of hydrogen-bond donors (Lipinski definition) is 1. The van der Waals surface area contributed by atoms with E-state index in [9.17, 15) is 4.79 Å². The number of nitrogens with zero attached hydrogens (tertiary/aromatic N) is 1. The first-order valence-electron chi connectivity index (χ1n) is 7.21. The van der Waals surface area contributed by atoms with Gasteiger partial charge in [0.2, 0.25) is 5.91 Å². The second kappa shape index (κ2) is 5.85. The topological polar surface area (TPSA) is 32.3 Å². The first kappa shape index (κ1) is 12.9. The highest BCUT2D eigenvalue weighted by atomic mass is 16.2. The normalized spacial score (nSPS) is 29.1. The van der Waals surface area contributed by atoms with Crippen LogP contribution in [0.15, 0.2) is 0 Å². The molecule has 3 nitrogen and oxygen atoms in total. The van der Waals surface area contributed by atoms with E-state index in [1.54, 1.807) is 0 Å². The van der Waals surface area contributed by atoms with Gasteiger partial charge in [0, 0.05) is 19.1 Å². The summed E-state index contributed by atoms with van der Waals surface area (Å²) in [6, 6.07) is 1.11. The van der Waals surface area contributed by atoms with E-state index in [-0.39, 0.29) is 5.91 Å². The largest absolute Gasteiger partial charge is 0.342 e. The molecular weight excluding hydrogens is 212 g/mol. The molecule has 0 aromatic heterocycles. The average molecular weight is 238 g/mol. The standard InChI is InChI=1S/C14H26N2O/c1-3-11-6-4-5-7-13(11)15-10-14(17)16(2)12-8-9-12/h11-13,15H,3-10H2,1-2H3. The van der Waals surface area contributed by atoms with E-state index in [4.69, 9.17) is 0 Å². The summed E-state index contributed by atoms with van der Waals surface area (Å²) in [4.78, 5) is 13.9. The van der Waals surface area contributed by atoms with Crippen LogP contribution in [0.1, 0.15) is 51.9 Å². The lowest BCUT2D eigenvalue weighted by molar-refractivity contribution is -0.129. The Morgan fingerprint density at radius 2 is 1.94 bits per heavy atom. The molecule has 0 heterocycles. The highest BCUT2D eigenvalue weighted by Gasteiger charge is 2.30. The minimum Gasteiger partial charge on any atom is -0.342 e. The van der Waals surface area contributed by atoms with E-state index in [0.717, 1.165) is 5.92 Å². The molecule has 2 fully saturated rings. The zero-order chi connectivity index (χ0) is 12.3. The Morgan fingerprint density at radius 1 is 1.24 bits per heavy atom. The van der Waals surface area contributed by atoms with Gasteiger partial charge in [-0.15, -0.1) is 0 Å². The fourth-order valence-electron chi connectivity index (χ4n) is 2.97. The third-order valence-corrected chi connectivity index (χ3v) is 4.44. The van der Waals surface area contributed by atoms with Crippen molar-refractivity contribution in [2.45, 2.75) is 64.0 Å². The first-order valence-corrected chi connectivity index (χ1v) is 7.21. The molecule has 2 rings (SSSR count). The van der Waals surface area contributed by atoms with Crippen molar-refractivity contribution in [1.82, 2.24) is 10.2 Å². The van der Waals surface area contributed by atoms with E-state index >= 15 is 0 Å². The van der Waals surface area contributed by atoms with Crippen molar-refractivity contribution in [2.24, 2.45) is 5.92 Å². The number of carbonyl (C=O) groups is 1. The third kappa shape index (κ3) is 3.44. The van der Waals surface area contributed by atoms with Gasteiger partial charge in [0.15, 0.2) is 0 Å². The van der Waals surface area contributed by atoms with Crippen LogP contribution in [0.3, 0.4) is 0 Å². The molecule has 2 saturated carbocycles. The number of rotatable bonds is 5. The molecule has 0 aliphatic heterocycles. The van der Waals surface area contributed by atoms with Gasteiger partial charge in [0.25, 0.3) is 0 Å². The molecule has 2 aliphatic rings. The number of carbonyl (C=O) groups excluding carboxylic acids is 1. The second-order valence-corrected chi connectivity index (χ2v) is 5.68. The average Bonchev–Trinajstić information content (AvgIpc) is 3.19. The van der Waals surface area contributed by atoms with E-state index in [1.165, 1.54) is 44.9 Å². The summed E-state index contributed by atoms with van der Waals surface area (Å²) >= 11 is 0. The highest BCUT2D eigenvalue weighted by molar-refractivity contribution is 5.78. The molecule has 0 bridgehead atoms. The Bertz CT molecular complexity index is 263. The summed E-state index contributed by atoms with van der Waals surface area (Å²) in [7, 11) is 1.94. The van der Waals surface area contributed by atoms with E-state index in [1.807, 2.05) is 11.9 Å². The molecule has 2 unspecified atom stereocenters. The van der Waals surface area contributed by atoms with Crippen LogP contribution >= 0.6 is 0 Å². The van der Waals surface area contributed by atoms with Crippen molar-refractivity contribution in [3.63, 3.8) is 0 Å². The van der Waals surface area contributed by atoms with Crippen molar-refractivity contribution in [3.05, 3.63) is 0 Å². The van der Waals surface area contributed by atoms with Gasteiger partial charge >= 0.3 is 0 Å². The van der Waals surface area contributed by atoms with Crippen LogP contribution in [0.4, 0.5) is 0 Å². The molecule has 3 heteroatoms. The SMILES string of the molecule is CCC1CCCCC1NCC(=O)N(C)C1CC1. The lowest BCUT2D eigenvalue weighted by Gasteiger charge is -2.32. The van der Waals surface area contributed by atoms with Gasteiger partial charge in [-0.3, -0.25) is 4.79 Å². The molecule has 1 N–H and O–H groups in total. The van der Waals surface area contributed by atoms with Crippen molar-refractivity contribution in [3.8, 4) is 0 Å². The summed E-state index contributed by atoms with van der Waals surface area (Å²) < 4.78 is 0. The van der Waals surface area contributed by atoms with Crippen LogP contribution in [0.2, 0.25) is 0 Å². The Morgan fingerprint density at radius 3 is 2.59 bits per heavy atom. The lowest BCUT2D eigenvalue weighted by Crippen LogP contribution is -2.44. The van der Waals surface area contributed by atoms with Crippen LogP contribution in [-0.4, -0.2) is 36.5 Å². The van der Waals surface area contributed by atoms with Gasteiger partial charge < -0.3 is 10.2 Å². The third-order valence-electron chi connectivity index (χ3n) is 4.44. The van der Waals surface area contributed by atoms with Crippen LogP contribution < -0.4 is 5.32 Å². The van der Waals surface area contributed by atoms with Crippen LogP contribution in [0.5, 0.6) is 0 Å². The molecule has 0 aromatic carbocycles. The summed E-state index contributed by atoms with van der Waals surface area (Å²) in [6.07, 6.45) is 8.91. The minimum atomic E-state index is 0.271. The molecule has 2 aliphatic carbocycles. The highest BCUT2D eigenvalue weighted by Crippen LogP contribution is 2.27. The number of nitrogens with one attached hydrogen (secondary N) is 1. The fourth-order valence-corrected chi connectivity index (χ4v) is 2.97. The van der Waals surface area contributed by atoms with Gasteiger partial charge in [0.05, 0.1) is 6.54 Å². The quantitative estimate of drug-likeness (QED) is 0.796. The maximum Gasteiger partial charge on any atom is 0.236 e. The maximum absolute atomic E-state index is 11.9. The van der Waals surface area contributed by atoms with E-state index < -0.39 is 0 Å². The molecule has 17 heavy (non-hydrogen) atoms. The zero-order valence-corrected chi connectivity index (χ0v) is 11.2. The van der Waals surface area contributed by atoms with E-state index in [0.29, 0.717) is 18.6 Å².